The minimum absolute atomic E-state index is 0.0544. The molecular formula is C19H23N3O6S. The summed E-state index contributed by atoms with van der Waals surface area (Å²) in [5.74, 6) is 0. The average molecular weight is 421 g/mol. The van der Waals surface area contributed by atoms with Crippen LogP contribution in [0.15, 0.2) is 53.4 Å². The summed E-state index contributed by atoms with van der Waals surface area (Å²) in [4.78, 5) is 21.7. The third kappa shape index (κ3) is 7.16. The van der Waals surface area contributed by atoms with E-state index in [4.69, 9.17) is 4.74 Å². The topological polar surface area (TPSA) is 128 Å². The van der Waals surface area contributed by atoms with Crippen molar-refractivity contribution in [2.45, 2.75) is 44.4 Å². The monoisotopic (exact) mass is 421 g/mol. The van der Waals surface area contributed by atoms with Crippen LogP contribution >= 0.6 is 0 Å². The highest BCUT2D eigenvalue weighted by molar-refractivity contribution is 7.89. The van der Waals surface area contributed by atoms with E-state index in [0.717, 1.165) is 23.3 Å². The van der Waals surface area contributed by atoms with Gasteiger partial charge in [0.25, 0.3) is 5.69 Å². The number of nitro benzene ring substituents is 1. The van der Waals surface area contributed by atoms with E-state index >= 15 is 0 Å². The molecule has 1 amide bonds. The number of rotatable bonds is 7. The second kappa shape index (κ2) is 9.01. The summed E-state index contributed by atoms with van der Waals surface area (Å²) in [6.45, 7) is 5.67. The van der Waals surface area contributed by atoms with Crippen LogP contribution in [0.1, 0.15) is 31.9 Å². The summed E-state index contributed by atoms with van der Waals surface area (Å²) >= 11 is 0. The molecule has 2 aromatic carbocycles. The van der Waals surface area contributed by atoms with Gasteiger partial charge in [-0.3, -0.25) is 10.1 Å². The summed E-state index contributed by atoms with van der Waals surface area (Å²) in [7, 11) is -3.80. The number of hydrogen-bond acceptors (Lipinski definition) is 6. The van der Waals surface area contributed by atoms with Gasteiger partial charge in [-0.25, -0.2) is 17.9 Å². The van der Waals surface area contributed by atoms with Crippen molar-refractivity contribution in [2.24, 2.45) is 0 Å². The number of carbonyl (C=O) groups excluding carboxylic acids is 1. The molecule has 0 aliphatic rings. The van der Waals surface area contributed by atoms with Crippen LogP contribution in [0.5, 0.6) is 0 Å². The van der Waals surface area contributed by atoms with Crippen LogP contribution in [-0.4, -0.2) is 25.0 Å². The smallest absolute Gasteiger partial charge is 0.407 e. The SMILES string of the molecule is CC(C)(C)OC(=O)NCc1ccc(CNS(=O)(=O)c2ccc([N+](=O)[O-])cc2)cc1. The van der Waals surface area contributed by atoms with Gasteiger partial charge in [-0.1, -0.05) is 24.3 Å². The van der Waals surface area contributed by atoms with E-state index in [1.165, 1.54) is 12.1 Å². The van der Waals surface area contributed by atoms with Gasteiger partial charge < -0.3 is 10.1 Å². The van der Waals surface area contributed by atoms with Crippen LogP contribution in [0.3, 0.4) is 0 Å². The Labute approximate surface area is 169 Å². The van der Waals surface area contributed by atoms with Gasteiger partial charge in [0.2, 0.25) is 10.0 Å². The zero-order valence-corrected chi connectivity index (χ0v) is 17.2. The van der Waals surface area contributed by atoms with Crippen molar-refractivity contribution in [1.82, 2.24) is 10.0 Å². The fourth-order valence-corrected chi connectivity index (χ4v) is 3.29. The predicted octanol–water partition coefficient (Wildman–Crippen LogP) is 3.10. The number of carbonyl (C=O) groups is 1. The number of alkyl carbamates (subject to hydrolysis) is 1. The minimum Gasteiger partial charge on any atom is -0.444 e. The van der Waals surface area contributed by atoms with Gasteiger partial charge >= 0.3 is 6.09 Å². The van der Waals surface area contributed by atoms with E-state index < -0.39 is 26.6 Å². The molecule has 29 heavy (non-hydrogen) atoms. The number of ether oxygens (including phenoxy) is 1. The average Bonchev–Trinajstić information content (AvgIpc) is 2.64. The first-order chi connectivity index (χ1) is 13.5. The second-order valence-electron chi connectivity index (χ2n) is 7.25. The lowest BCUT2D eigenvalue weighted by molar-refractivity contribution is -0.384. The summed E-state index contributed by atoms with van der Waals surface area (Å²) in [6, 6.07) is 11.7. The number of benzene rings is 2. The highest BCUT2D eigenvalue weighted by Crippen LogP contribution is 2.16. The third-order valence-corrected chi connectivity index (χ3v) is 5.10. The molecule has 2 N–H and O–H groups in total. The Morgan fingerprint density at radius 2 is 1.52 bits per heavy atom. The second-order valence-corrected chi connectivity index (χ2v) is 9.01. The van der Waals surface area contributed by atoms with Gasteiger partial charge in [0, 0.05) is 25.2 Å². The maximum absolute atomic E-state index is 12.3. The minimum atomic E-state index is -3.80. The number of non-ortho nitro benzene ring substituents is 1. The van der Waals surface area contributed by atoms with Crippen LogP contribution in [0, 0.1) is 10.1 Å². The van der Waals surface area contributed by atoms with E-state index in [0.29, 0.717) is 0 Å². The lowest BCUT2D eigenvalue weighted by Crippen LogP contribution is -2.32. The Bertz CT molecular complexity index is 964. The fourth-order valence-electron chi connectivity index (χ4n) is 2.27. The van der Waals surface area contributed by atoms with Gasteiger partial charge in [0.1, 0.15) is 5.60 Å². The molecule has 0 saturated carbocycles. The Balaban J connectivity index is 1.90. The molecule has 2 aromatic rings. The Hall–Kier alpha value is -2.98. The molecule has 9 nitrogen and oxygen atoms in total. The van der Waals surface area contributed by atoms with Crippen molar-refractivity contribution >= 4 is 21.8 Å². The summed E-state index contributed by atoms with van der Waals surface area (Å²) in [5, 5.41) is 13.3. The van der Waals surface area contributed by atoms with Crippen molar-refractivity contribution in [2.75, 3.05) is 0 Å². The molecule has 0 spiro atoms. The Kier molecular flexibility index (Phi) is 6.93. The molecule has 0 heterocycles. The molecular weight excluding hydrogens is 398 g/mol. The van der Waals surface area contributed by atoms with Gasteiger partial charge in [0.05, 0.1) is 9.82 Å². The van der Waals surface area contributed by atoms with Gasteiger partial charge in [-0.2, -0.15) is 0 Å². The molecule has 156 valence electrons. The van der Waals surface area contributed by atoms with Crippen molar-refractivity contribution in [3.8, 4) is 0 Å². The number of nitro groups is 1. The highest BCUT2D eigenvalue weighted by Gasteiger charge is 2.16. The molecule has 0 aliphatic heterocycles. The first kappa shape index (κ1) is 22.3. The predicted molar refractivity (Wildman–Crippen MR) is 107 cm³/mol. The zero-order valence-electron chi connectivity index (χ0n) is 16.3. The lowest BCUT2D eigenvalue weighted by Gasteiger charge is -2.19. The van der Waals surface area contributed by atoms with Crippen LogP contribution in [-0.2, 0) is 27.8 Å². The van der Waals surface area contributed by atoms with E-state index in [-0.39, 0.29) is 23.7 Å². The largest absolute Gasteiger partial charge is 0.444 e. The van der Waals surface area contributed by atoms with Crippen molar-refractivity contribution in [3.05, 3.63) is 69.8 Å². The van der Waals surface area contributed by atoms with Crippen molar-refractivity contribution in [3.63, 3.8) is 0 Å². The number of nitrogens with zero attached hydrogens (tertiary/aromatic N) is 1. The van der Waals surface area contributed by atoms with E-state index in [1.54, 1.807) is 45.0 Å². The van der Waals surface area contributed by atoms with Gasteiger partial charge in [-0.05, 0) is 44.0 Å². The van der Waals surface area contributed by atoms with Gasteiger partial charge in [0.15, 0.2) is 0 Å². The quantitative estimate of drug-likeness (QED) is 0.522. The molecule has 0 unspecified atom stereocenters. The highest BCUT2D eigenvalue weighted by atomic mass is 32.2. The number of nitrogens with one attached hydrogen (secondary N) is 2. The van der Waals surface area contributed by atoms with Crippen LogP contribution < -0.4 is 10.0 Å². The summed E-state index contributed by atoms with van der Waals surface area (Å²) < 4.78 is 32.2. The number of sulfonamides is 1. The Morgan fingerprint density at radius 1 is 1.00 bits per heavy atom. The third-order valence-electron chi connectivity index (χ3n) is 3.68. The molecule has 2 rings (SSSR count). The zero-order chi connectivity index (χ0) is 21.7. The first-order valence-electron chi connectivity index (χ1n) is 8.75. The van der Waals surface area contributed by atoms with Crippen molar-refractivity contribution < 1.29 is 22.9 Å². The Morgan fingerprint density at radius 3 is 2.00 bits per heavy atom. The fraction of sp³-hybridized carbons (Fsp3) is 0.316. The number of amides is 1. The van der Waals surface area contributed by atoms with E-state index in [2.05, 4.69) is 10.0 Å². The standard InChI is InChI=1S/C19H23N3O6S/c1-19(2,3)28-18(23)20-12-14-4-6-15(7-5-14)13-21-29(26,27)17-10-8-16(9-11-17)22(24)25/h4-11,21H,12-13H2,1-3H3,(H,20,23). The molecule has 0 aromatic heterocycles. The van der Waals surface area contributed by atoms with E-state index in [9.17, 15) is 23.3 Å². The first-order valence-corrected chi connectivity index (χ1v) is 10.2. The molecule has 0 saturated heterocycles. The maximum Gasteiger partial charge on any atom is 0.407 e. The lowest BCUT2D eigenvalue weighted by atomic mass is 10.1. The molecule has 0 aliphatic carbocycles. The van der Waals surface area contributed by atoms with E-state index in [1.807, 2.05) is 0 Å². The molecule has 0 atom stereocenters. The van der Waals surface area contributed by atoms with Crippen LogP contribution in [0.2, 0.25) is 0 Å². The molecule has 0 fully saturated rings. The maximum atomic E-state index is 12.3. The molecule has 10 heteroatoms. The van der Waals surface area contributed by atoms with Gasteiger partial charge in [-0.15, -0.1) is 0 Å². The summed E-state index contributed by atoms with van der Waals surface area (Å²) in [5.41, 5.74) is 0.795. The van der Waals surface area contributed by atoms with Crippen LogP contribution in [0.25, 0.3) is 0 Å². The number of hydrogen-bond donors (Lipinski definition) is 2. The van der Waals surface area contributed by atoms with Crippen LogP contribution in [0.4, 0.5) is 10.5 Å². The normalized spacial score (nSPS) is 11.7. The molecule has 0 bridgehead atoms. The molecule has 0 radical (unpaired) electrons. The van der Waals surface area contributed by atoms with Crippen molar-refractivity contribution in [1.29, 1.82) is 0 Å². The summed E-state index contributed by atoms with van der Waals surface area (Å²) in [6.07, 6.45) is -0.516.